The SMILES string of the molecule is CCCCc1ccc(C#Cc2ccc3c(F)c(-c4ccc(CC)cc4)ccc3c2)cc1. The van der Waals surface area contributed by atoms with E-state index in [-0.39, 0.29) is 5.82 Å². The molecule has 0 aliphatic heterocycles. The highest BCUT2D eigenvalue weighted by atomic mass is 19.1. The molecule has 4 aromatic rings. The second-order valence-electron chi connectivity index (χ2n) is 7.96. The summed E-state index contributed by atoms with van der Waals surface area (Å²) in [5.74, 6) is 6.27. The summed E-state index contributed by atoms with van der Waals surface area (Å²) >= 11 is 0. The van der Waals surface area contributed by atoms with Gasteiger partial charge in [-0.05, 0) is 65.6 Å². The third-order valence-electron chi connectivity index (χ3n) is 5.75. The summed E-state index contributed by atoms with van der Waals surface area (Å²) in [5, 5.41) is 1.50. The predicted octanol–water partition coefficient (Wildman–Crippen LogP) is 7.95. The van der Waals surface area contributed by atoms with Crippen LogP contribution in [-0.4, -0.2) is 0 Å². The zero-order valence-corrected chi connectivity index (χ0v) is 18.2. The number of fused-ring (bicyclic) bond motifs is 1. The maximum atomic E-state index is 15.2. The van der Waals surface area contributed by atoms with Gasteiger partial charge in [0.1, 0.15) is 5.82 Å². The van der Waals surface area contributed by atoms with E-state index in [0.29, 0.717) is 10.9 Å². The van der Waals surface area contributed by atoms with E-state index in [9.17, 15) is 0 Å². The summed E-state index contributed by atoms with van der Waals surface area (Å²) in [6.07, 6.45) is 4.51. The van der Waals surface area contributed by atoms with Gasteiger partial charge in [-0.3, -0.25) is 0 Å². The van der Waals surface area contributed by atoms with Gasteiger partial charge in [0, 0.05) is 22.1 Å². The Balaban J connectivity index is 1.58. The first-order valence-electron chi connectivity index (χ1n) is 11.1. The summed E-state index contributed by atoms with van der Waals surface area (Å²) < 4.78 is 15.2. The number of rotatable bonds is 5. The van der Waals surface area contributed by atoms with Crippen molar-refractivity contribution in [1.82, 2.24) is 0 Å². The van der Waals surface area contributed by atoms with E-state index in [2.05, 4.69) is 62.1 Å². The first-order chi connectivity index (χ1) is 15.2. The van der Waals surface area contributed by atoms with E-state index in [1.165, 1.54) is 24.0 Å². The molecule has 0 N–H and O–H groups in total. The lowest BCUT2D eigenvalue weighted by molar-refractivity contribution is 0.643. The minimum atomic E-state index is -0.177. The van der Waals surface area contributed by atoms with Crippen LogP contribution >= 0.6 is 0 Å². The Morgan fingerprint density at radius 3 is 2.10 bits per heavy atom. The maximum absolute atomic E-state index is 15.2. The lowest BCUT2D eigenvalue weighted by Crippen LogP contribution is -1.89. The zero-order chi connectivity index (χ0) is 21.6. The molecule has 0 fully saturated rings. The summed E-state index contributed by atoms with van der Waals surface area (Å²) in [5.41, 5.74) is 6.04. The largest absolute Gasteiger partial charge is 0.206 e. The van der Waals surface area contributed by atoms with Crippen LogP contribution in [0, 0.1) is 17.7 Å². The molecule has 1 heteroatoms. The third-order valence-corrected chi connectivity index (χ3v) is 5.75. The second kappa shape index (κ2) is 9.63. The van der Waals surface area contributed by atoms with Crippen LogP contribution in [0.15, 0.2) is 78.9 Å². The van der Waals surface area contributed by atoms with Gasteiger partial charge in [-0.2, -0.15) is 0 Å². The second-order valence-corrected chi connectivity index (χ2v) is 7.96. The van der Waals surface area contributed by atoms with E-state index < -0.39 is 0 Å². The normalized spacial score (nSPS) is 10.7. The molecular formula is C30H27F. The van der Waals surface area contributed by atoms with Crippen molar-refractivity contribution in [3.05, 3.63) is 107 Å². The van der Waals surface area contributed by atoms with Crippen molar-refractivity contribution in [2.45, 2.75) is 39.5 Å². The average Bonchev–Trinajstić information content (AvgIpc) is 2.82. The summed E-state index contributed by atoms with van der Waals surface area (Å²) in [4.78, 5) is 0. The lowest BCUT2D eigenvalue weighted by Gasteiger charge is -2.08. The molecule has 4 aromatic carbocycles. The number of hydrogen-bond donors (Lipinski definition) is 0. The highest BCUT2D eigenvalue weighted by Crippen LogP contribution is 2.29. The molecule has 4 rings (SSSR count). The molecular weight excluding hydrogens is 379 g/mol. The Hall–Kier alpha value is -3.37. The Bertz CT molecular complexity index is 1240. The van der Waals surface area contributed by atoms with E-state index in [1.807, 2.05) is 42.5 Å². The number of halogens is 1. The quantitative estimate of drug-likeness (QED) is 0.295. The molecule has 0 saturated carbocycles. The number of hydrogen-bond acceptors (Lipinski definition) is 0. The van der Waals surface area contributed by atoms with E-state index in [0.717, 1.165) is 34.9 Å². The lowest BCUT2D eigenvalue weighted by atomic mass is 9.98. The van der Waals surface area contributed by atoms with Crippen LogP contribution in [0.4, 0.5) is 4.39 Å². The summed E-state index contributed by atoms with van der Waals surface area (Å²) in [6, 6.07) is 26.1. The Morgan fingerprint density at radius 2 is 1.39 bits per heavy atom. The van der Waals surface area contributed by atoms with Crippen LogP contribution in [0.2, 0.25) is 0 Å². The molecule has 0 radical (unpaired) electrons. The van der Waals surface area contributed by atoms with Gasteiger partial charge in [0.15, 0.2) is 0 Å². The van der Waals surface area contributed by atoms with Gasteiger partial charge in [0.2, 0.25) is 0 Å². The van der Waals surface area contributed by atoms with Crippen molar-refractivity contribution < 1.29 is 4.39 Å². The minimum Gasteiger partial charge on any atom is -0.206 e. The van der Waals surface area contributed by atoms with Crippen LogP contribution in [0.5, 0.6) is 0 Å². The molecule has 31 heavy (non-hydrogen) atoms. The van der Waals surface area contributed by atoms with Gasteiger partial charge in [-0.1, -0.05) is 86.7 Å². The van der Waals surface area contributed by atoms with E-state index in [1.54, 1.807) is 0 Å². The number of benzene rings is 4. The minimum absolute atomic E-state index is 0.177. The molecule has 0 nitrogen and oxygen atoms in total. The monoisotopic (exact) mass is 406 g/mol. The first-order valence-corrected chi connectivity index (χ1v) is 11.1. The fraction of sp³-hybridized carbons (Fsp3) is 0.200. The van der Waals surface area contributed by atoms with Gasteiger partial charge in [0.25, 0.3) is 0 Å². The van der Waals surface area contributed by atoms with Gasteiger partial charge in [-0.25, -0.2) is 4.39 Å². The van der Waals surface area contributed by atoms with Crippen molar-refractivity contribution >= 4 is 10.8 Å². The Labute approximate surface area is 184 Å². The van der Waals surface area contributed by atoms with Crippen molar-refractivity contribution in [2.24, 2.45) is 0 Å². The summed E-state index contributed by atoms with van der Waals surface area (Å²) in [7, 11) is 0. The molecule has 0 aliphatic carbocycles. The smallest absolute Gasteiger partial charge is 0.138 e. The predicted molar refractivity (Wildman–Crippen MR) is 130 cm³/mol. The standard InChI is InChI=1S/C30H27F/c1-3-5-6-23-7-9-24(10-8-23)11-12-25-15-19-29-27(21-25)18-20-28(30(29)31)26-16-13-22(4-2)14-17-26/h7-10,13-21H,3-6H2,1-2H3. The van der Waals surface area contributed by atoms with Gasteiger partial charge < -0.3 is 0 Å². The molecule has 0 heterocycles. The average molecular weight is 407 g/mol. The fourth-order valence-corrected chi connectivity index (χ4v) is 3.79. The van der Waals surface area contributed by atoms with Crippen molar-refractivity contribution in [2.75, 3.05) is 0 Å². The Morgan fingerprint density at radius 1 is 0.710 bits per heavy atom. The zero-order valence-electron chi connectivity index (χ0n) is 18.2. The first kappa shape index (κ1) is 20.9. The van der Waals surface area contributed by atoms with Gasteiger partial charge >= 0.3 is 0 Å². The topological polar surface area (TPSA) is 0 Å². The van der Waals surface area contributed by atoms with Gasteiger partial charge in [-0.15, -0.1) is 0 Å². The number of aryl methyl sites for hydroxylation is 2. The highest BCUT2D eigenvalue weighted by Gasteiger charge is 2.09. The maximum Gasteiger partial charge on any atom is 0.138 e. The fourth-order valence-electron chi connectivity index (χ4n) is 3.79. The molecule has 0 spiro atoms. The van der Waals surface area contributed by atoms with E-state index >= 15 is 4.39 Å². The van der Waals surface area contributed by atoms with Gasteiger partial charge in [0.05, 0.1) is 0 Å². The van der Waals surface area contributed by atoms with Crippen molar-refractivity contribution in [3.63, 3.8) is 0 Å². The molecule has 0 saturated heterocycles. The molecule has 0 unspecified atom stereocenters. The third kappa shape index (κ3) is 4.86. The van der Waals surface area contributed by atoms with Crippen LogP contribution in [-0.2, 0) is 12.8 Å². The van der Waals surface area contributed by atoms with E-state index in [4.69, 9.17) is 0 Å². The van der Waals surface area contributed by atoms with Crippen LogP contribution in [0.3, 0.4) is 0 Å². The Kier molecular flexibility index (Phi) is 6.48. The molecule has 0 atom stereocenters. The molecule has 0 amide bonds. The molecule has 0 aromatic heterocycles. The molecule has 0 aliphatic rings. The highest BCUT2D eigenvalue weighted by molar-refractivity contribution is 5.89. The van der Waals surface area contributed by atoms with Crippen molar-refractivity contribution in [3.8, 4) is 23.0 Å². The number of unbranched alkanes of at least 4 members (excludes halogenated alkanes) is 1. The van der Waals surface area contributed by atoms with Crippen molar-refractivity contribution in [1.29, 1.82) is 0 Å². The molecule has 154 valence electrons. The molecule has 0 bridgehead atoms. The van der Waals surface area contributed by atoms with Crippen LogP contribution in [0.25, 0.3) is 21.9 Å². The van der Waals surface area contributed by atoms with Crippen LogP contribution in [0.1, 0.15) is 48.9 Å². The summed E-state index contributed by atoms with van der Waals surface area (Å²) in [6.45, 7) is 4.33. The van der Waals surface area contributed by atoms with Crippen LogP contribution < -0.4 is 0 Å².